The van der Waals surface area contributed by atoms with Crippen LogP contribution in [0.3, 0.4) is 0 Å². The van der Waals surface area contributed by atoms with Crippen LogP contribution in [-0.4, -0.2) is 23.6 Å². The van der Waals surface area contributed by atoms with Gasteiger partial charge in [0, 0.05) is 34.7 Å². The Hall–Kier alpha value is -3.54. The molecular formula is C25H26N2O4. The number of benzene rings is 2. The SMILES string of the molecule is COc1cccc(NC(=O)[C@@H](OC(=O)c2cc(C)n(C3CC3)c2C)c2ccccc2)c1. The van der Waals surface area contributed by atoms with E-state index in [0.29, 0.717) is 28.6 Å². The number of methoxy groups -OCH3 is 1. The topological polar surface area (TPSA) is 69.6 Å². The lowest BCUT2D eigenvalue weighted by molar-refractivity contribution is -0.125. The van der Waals surface area contributed by atoms with Gasteiger partial charge in [-0.15, -0.1) is 0 Å². The van der Waals surface area contributed by atoms with Crippen molar-refractivity contribution >= 4 is 17.6 Å². The molecule has 6 heteroatoms. The fraction of sp³-hybridized carbons (Fsp3) is 0.280. The monoisotopic (exact) mass is 418 g/mol. The predicted molar refractivity (Wildman–Crippen MR) is 118 cm³/mol. The average molecular weight is 418 g/mol. The number of nitrogens with zero attached hydrogens (tertiary/aromatic N) is 1. The average Bonchev–Trinajstić information content (AvgIpc) is 3.56. The van der Waals surface area contributed by atoms with Gasteiger partial charge in [0.05, 0.1) is 12.7 Å². The Balaban J connectivity index is 1.59. The first-order chi connectivity index (χ1) is 15.0. The van der Waals surface area contributed by atoms with Gasteiger partial charge in [0.1, 0.15) is 5.75 Å². The summed E-state index contributed by atoms with van der Waals surface area (Å²) in [5.41, 5.74) is 3.58. The van der Waals surface area contributed by atoms with Crippen molar-refractivity contribution in [2.45, 2.75) is 38.8 Å². The van der Waals surface area contributed by atoms with Crippen molar-refractivity contribution in [3.63, 3.8) is 0 Å². The number of amides is 1. The number of carbonyl (C=O) groups is 2. The van der Waals surface area contributed by atoms with Gasteiger partial charge in [-0.2, -0.15) is 0 Å². The van der Waals surface area contributed by atoms with E-state index in [4.69, 9.17) is 9.47 Å². The summed E-state index contributed by atoms with van der Waals surface area (Å²) in [5, 5.41) is 2.83. The zero-order valence-electron chi connectivity index (χ0n) is 17.9. The van der Waals surface area contributed by atoms with Gasteiger partial charge in [-0.25, -0.2) is 4.79 Å². The van der Waals surface area contributed by atoms with Gasteiger partial charge in [0.25, 0.3) is 5.91 Å². The van der Waals surface area contributed by atoms with Crippen LogP contribution >= 0.6 is 0 Å². The van der Waals surface area contributed by atoms with E-state index in [9.17, 15) is 9.59 Å². The maximum atomic E-state index is 13.1. The molecule has 1 amide bonds. The molecule has 1 aliphatic carbocycles. The standard InChI is InChI=1S/C25H26N2O4/c1-16-14-22(17(2)27(16)20-12-13-20)25(29)31-23(18-8-5-4-6-9-18)24(28)26-19-10-7-11-21(15-19)30-3/h4-11,14-15,20,23H,12-13H2,1-3H3,(H,26,28)/t23-/m0/s1. The summed E-state index contributed by atoms with van der Waals surface area (Å²) in [6, 6.07) is 18.4. The van der Waals surface area contributed by atoms with E-state index in [0.717, 1.165) is 24.2 Å². The molecule has 1 atom stereocenters. The maximum absolute atomic E-state index is 13.1. The molecular weight excluding hydrogens is 392 g/mol. The van der Waals surface area contributed by atoms with Crippen LogP contribution < -0.4 is 10.1 Å². The number of rotatable bonds is 7. The van der Waals surface area contributed by atoms with E-state index in [-0.39, 0.29) is 0 Å². The first-order valence-electron chi connectivity index (χ1n) is 10.4. The van der Waals surface area contributed by atoms with Gasteiger partial charge in [-0.3, -0.25) is 4.79 Å². The molecule has 160 valence electrons. The van der Waals surface area contributed by atoms with Crippen LogP contribution in [0.2, 0.25) is 0 Å². The normalized spacial score (nSPS) is 14.0. The zero-order chi connectivity index (χ0) is 22.0. The van der Waals surface area contributed by atoms with E-state index in [1.807, 2.05) is 38.1 Å². The summed E-state index contributed by atoms with van der Waals surface area (Å²) in [6.07, 6.45) is 1.17. The van der Waals surface area contributed by atoms with Crippen molar-refractivity contribution in [1.82, 2.24) is 4.57 Å². The van der Waals surface area contributed by atoms with Gasteiger partial charge in [0.2, 0.25) is 6.10 Å². The fourth-order valence-electron chi connectivity index (χ4n) is 3.86. The minimum Gasteiger partial charge on any atom is -0.497 e. The lowest BCUT2D eigenvalue weighted by atomic mass is 10.1. The molecule has 1 heterocycles. The van der Waals surface area contributed by atoms with Crippen molar-refractivity contribution in [2.75, 3.05) is 12.4 Å². The van der Waals surface area contributed by atoms with Crippen LogP contribution in [0.1, 0.15) is 52.3 Å². The molecule has 0 radical (unpaired) electrons. The molecule has 1 aliphatic rings. The quantitative estimate of drug-likeness (QED) is 0.549. The Morgan fingerprint density at radius 1 is 1.03 bits per heavy atom. The summed E-state index contributed by atoms with van der Waals surface area (Å²) in [5.74, 6) is -0.308. The smallest absolute Gasteiger partial charge is 0.341 e. The number of carbonyl (C=O) groups excluding carboxylic acids is 2. The minimum atomic E-state index is -1.08. The number of hydrogen-bond donors (Lipinski definition) is 1. The van der Waals surface area contributed by atoms with Gasteiger partial charge in [-0.1, -0.05) is 36.4 Å². The highest BCUT2D eigenvalue weighted by Crippen LogP contribution is 2.38. The molecule has 0 unspecified atom stereocenters. The third-order valence-corrected chi connectivity index (χ3v) is 5.52. The molecule has 4 rings (SSSR count). The summed E-state index contributed by atoms with van der Waals surface area (Å²) < 4.78 is 13.2. The lowest BCUT2D eigenvalue weighted by Gasteiger charge is -2.18. The molecule has 3 aromatic rings. The highest BCUT2D eigenvalue weighted by atomic mass is 16.5. The van der Waals surface area contributed by atoms with E-state index < -0.39 is 18.0 Å². The lowest BCUT2D eigenvalue weighted by Crippen LogP contribution is -2.26. The molecule has 0 aliphatic heterocycles. The second-order valence-electron chi connectivity index (χ2n) is 7.80. The second-order valence-corrected chi connectivity index (χ2v) is 7.80. The van der Waals surface area contributed by atoms with Crippen molar-refractivity contribution in [3.05, 3.63) is 83.2 Å². The molecule has 0 bridgehead atoms. The maximum Gasteiger partial charge on any atom is 0.341 e. The second kappa shape index (κ2) is 8.68. The molecule has 1 aromatic heterocycles. The Labute approximate surface area is 181 Å². The van der Waals surface area contributed by atoms with Gasteiger partial charge < -0.3 is 19.4 Å². The van der Waals surface area contributed by atoms with Crippen molar-refractivity contribution < 1.29 is 19.1 Å². The number of ether oxygens (including phenoxy) is 2. The van der Waals surface area contributed by atoms with E-state index in [1.165, 1.54) is 0 Å². The summed E-state index contributed by atoms with van der Waals surface area (Å²) in [7, 11) is 1.56. The first-order valence-corrected chi connectivity index (χ1v) is 10.4. The Kier molecular flexibility index (Phi) is 5.80. The van der Waals surface area contributed by atoms with Gasteiger partial charge >= 0.3 is 5.97 Å². The van der Waals surface area contributed by atoms with Crippen molar-refractivity contribution in [3.8, 4) is 5.75 Å². The van der Waals surface area contributed by atoms with Crippen LogP contribution in [0.15, 0.2) is 60.7 Å². The Morgan fingerprint density at radius 3 is 2.45 bits per heavy atom. The summed E-state index contributed by atoms with van der Waals surface area (Å²) in [6.45, 7) is 3.92. The van der Waals surface area contributed by atoms with Crippen LogP contribution in [0.5, 0.6) is 5.75 Å². The zero-order valence-corrected chi connectivity index (χ0v) is 17.9. The van der Waals surface area contributed by atoms with Crippen LogP contribution in [-0.2, 0) is 9.53 Å². The van der Waals surface area contributed by atoms with Crippen LogP contribution in [0, 0.1) is 13.8 Å². The van der Waals surface area contributed by atoms with E-state index in [2.05, 4.69) is 9.88 Å². The molecule has 31 heavy (non-hydrogen) atoms. The van der Waals surface area contributed by atoms with Crippen LogP contribution in [0.25, 0.3) is 0 Å². The number of hydrogen-bond acceptors (Lipinski definition) is 4. The van der Waals surface area contributed by atoms with Crippen molar-refractivity contribution in [1.29, 1.82) is 0 Å². The minimum absolute atomic E-state index is 0.427. The van der Waals surface area contributed by atoms with Gasteiger partial charge in [-0.05, 0) is 44.9 Å². The molecule has 1 fully saturated rings. The van der Waals surface area contributed by atoms with Crippen molar-refractivity contribution in [2.24, 2.45) is 0 Å². The summed E-state index contributed by atoms with van der Waals surface area (Å²) in [4.78, 5) is 26.2. The van der Waals surface area contributed by atoms with Gasteiger partial charge in [0.15, 0.2) is 0 Å². The Bertz CT molecular complexity index is 1100. The van der Waals surface area contributed by atoms with E-state index in [1.54, 1.807) is 43.5 Å². The molecule has 1 saturated carbocycles. The predicted octanol–water partition coefficient (Wildman–Crippen LogP) is 4.99. The highest BCUT2D eigenvalue weighted by molar-refractivity contribution is 5.98. The number of nitrogens with one attached hydrogen (secondary N) is 1. The molecule has 6 nitrogen and oxygen atoms in total. The number of esters is 1. The number of anilines is 1. The third-order valence-electron chi connectivity index (χ3n) is 5.52. The number of aryl methyl sites for hydroxylation is 1. The first kappa shape index (κ1) is 20.7. The van der Waals surface area contributed by atoms with Crippen LogP contribution in [0.4, 0.5) is 5.69 Å². The largest absolute Gasteiger partial charge is 0.497 e. The molecule has 2 aromatic carbocycles. The molecule has 0 saturated heterocycles. The Morgan fingerprint density at radius 2 is 1.77 bits per heavy atom. The van der Waals surface area contributed by atoms with E-state index >= 15 is 0 Å². The highest BCUT2D eigenvalue weighted by Gasteiger charge is 2.31. The molecule has 1 N–H and O–H groups in total. The summed E-state index contributed by atoms with van der Waals surface area (Å²) >= 11 is 0. The number of aromatic nitrogens is 1. The fourth-order valence-corrected chi connectivity index (χ4v) is 3.86. The third kappa shape index (κ3) is 4.48. The molecule has 0 spiro atoms.